The molecule has 1 aromatic rings. The van der Waals surface area contributed by atoms with E-state index in [1.54, 1.807) is 4.90 Å². The van der Waals surface area contributed by atoms with Gasteiger partial charge in [0.15, 0.2) is 0 Å². The van der Waals surface area contributed by atoms with Gasteiger partial charge in [0.2, 0.25) is 0 Å². The maximum atomic E-state index is 12.1. The summed E-state index contributed by atoms with van der Waals surface area (Å²) >= 11 is 7.69. The zero-order chi connectivity index (χ0) is 14.7. The highest BCUT2D eigenvalue weighted by Gasteiger charge is 2.21. The van der Waals surface area contributed by atoms with Crippen molar-refractivity contribution in [3.8, 4) is 0 Å². The molecule has 1 fully saturated rings. The number of amides is 2. The lowest BCUT2D eigenvalue weighted by Gasteiger charge is -2.30. The van der Waals surface area contributed by atoms with Gasteiger partial charge in [-0.2, -0.15) is 11.8 Å². The van der Waals surface area contributed by atoms with Crippen molar-refractivity contribution in [2.24, 2.45) is 0 Å². The van der Waals surface area contributed by atoms with E-state index in [9.17, 15) is 9.59 Å². The van der Waals surface area contributed by atoms with E-state index in [1.165, 1.54) is 18.2 Å². The number of aromatic carboxylic acids is 1. The highest BCUT2D eigenvalue weighted by molar-refractivity contribution is 7.99. The molecule has 1 atom stereocenters. The third kappa shape index (κ3) is 3.80. The molecule has 1 unspecified atom stereocenters. The second-order valence-corrected chi connectivity index (χ2v) is 6.57. The summed E-state index contributed by atoms with van der Waals surface area (Å²) in [7, 11) is 0. The molecular weight excluding hydrogens is 300 g/mol. The number of hydrogen-bond donors (Lipinski definition) is 2. The van der Waals surface area contributed by atoms with Crippen molar-refractivity contribution in [2.75, 3.05) is 24.2 Å². The molecule has 2 amide bonds. The van der Waals surface area contributed by atoms with Gasteiger partial charge in [-0.05, 0) is 18.2 Å². The van der Waals surface area contributed by atoms with Crippen molar-refractivity contribution in [3.05, 3.63) is 28.8 Å². The van der Waals surface area contributed by atoms with Crippen molar-refractivity contribution < 1.29 is 14.7 Å². The number of carbonyl (C=O) groups excluding carboxylic acids is 1. The summed E-state index contributed by atoms with van der Waals surface area (Å²) < 4.78 is 0. The summed E-state index contributed by atoms with van der Waals surface area (Å²) in [6.45, 7) is 3.45. The molecule has 108 valence electrons. The molecule has 0 saturated carbocycles. The van der Waals surface area contributed by atoms with Crippen LogP contribution in [-0.4, -0.2) is 46.1 Å². The van der Waals surface area contributed by atoms with Crippen LogP contribution in [0, 0.1) is 0 Å². The number of carboxylic acid groups (broad SMARTS) is 1. The molecule has 7 heteroatoms. The van der Waals surface area contributed by atoms with Gasteiger partial charge in [0.25, 0.3) is 0 Å². The lowest BCUT2D eigenvalue weighted by Crippen LogP contribution is -2.43. The molecule has 1 aliphatic rings. The van der Waals surface area contributed by atoms with E-state index in [2.05, 4.69) is 12.2 Å². The summed E-state index contributed by atoms with van der Waals surface area (Å²) in [5.41, 5.74) is 0.446. The predicted molar refractivity (Wildman–Crippen MR) is 80.9 cm³/mol. The molecule has 0 radical (unpaired) electrons. The number of rotatable bonds is 2. The van der Waals surface area contributed by atoms with Crippen molar-refractivity contribution in [2.45, 2.75) is 12.2 Å². The van der Waals surface area contributed by atoms with Gasteiger partial charge in [0.1, 0.15) is 0 Å². The number of urea groups is 1. The molecule has 1 saturated heterocycles. The molecule has 0 aliphatic carbocycles. The Kier molecular flexibility index (Phi) is 4.77. The fraction of sp³-hybridized carbons (Fsp3) is 0.385. The number of carboxylic acids is 1. The van der Waals surface area contributed by atoms with Gasteiger partial charge in [-0.15, -0.1) is 0 Å². The van der Waals surface area contributed by atoms with Crippen molar-refractivity contribution in [1.29, 1.82) is 0 Å². The van der Waals surface area contributed by atoms with E-state index in [0.717, 1.165) is 5.75 Å². The highest BCUT2D eigenvalue weighted by atomic mass is 35.5. The monoisotopic (exact) mass is 314 g/mol. The molecule has 1 heterocycles. The van der Waals surface area contributed by atoms with E-state index >= 15 is 0 Å². The van der Waals surface area contributed by atoms with Crippen molar-refractivity contribution in [3.63, 3.8) is 0 Å². The zero-order valence-corrected chi connectivity index (χ0v) is 12.5. The first-order valence-corrected chi connectivity index (χ1v) is 7.60. The van der Waals surface area contributed by atoms with Crippen molar-refractivity contribution in [1.82, 2.24) is 4.90 Å². The third-order valence-corrected chi connectivity index (χ3v) is 4.28. The summed E-state index contributed by atoms with van der Waals surface area (Å²) in [6.07, 6.45) is 0. The molecule has 20 heavy (non-hydrogen) atoms. The Morgan fingerprint density at radius 2 is 2.20 bits per heavy atom. The second kappa shape index (κ2) is 6.37. The minimum atomic E-state index is -1.08. The van der Waals surface area contributed by atoms with Gasteiger partial charge < -0.3 is 15.3 Å². The van der Waals surface area contributed by atoms with Gasteiger partial charge in [0.05, 0.1) is 5.56 Å². The van der Waals surface area contributed by atoms with Crippen LogP contribution >= 0.6 is 23.4 Å². The lowest BCUT2D eigenvalue weighted by molar-refractivity contribution is 0.0697. The quantitative estimate of drug-likeness (QED) is 0.880. The van der Waals surface area contributed by atoms with Crippen LogP contribution in [-0.2, 0) is 0 Å². The molecular formula is C13H15ClN2O3S. The standard InChI is InChI=1S/C13H15ClN2O3S/c1-8-7-16(2-3-20-8)13(19)15-11-5-9(12(17)18)4-10(14)6-11/h4-6,8H,2-3,7H2,1H3,(H,15,19)(H,17,18). The van der Waals surface area contributed by atoms with Gasteiger partial charge in [0, 0.05) is 34.8 Å². The SMILES string of the molecule is CC1CN(C(=O)Nc2cc(Cl)cc(C(=O)O)c2)CCS1. The highest BCUT2D eigenvalue weighted by Crippen LogP contribution is 2.21. The van der Waals surface area contributed by atoms with E-state index in [-0.39, 0.29) is 16.6 Å². The number of nitrogens with zero attached hydrogens (tertiary/aromatic N) is 1. The molecule has 5 nitrogen and oxygen atoms in total. The van der Waals surface area contributed by atoms with Crippen LogP contribution in [0.5, 0.6) is 0 Å². The third-order valence-electron chi connectivity index (χ3n) is 2.92. The molecule has 0 aromatic heterocycles. The molecule has 2 N–H and O–H groups in total. The van der Waals surface area contributed by atoms with Crippen LogP contribution in [0.1, 0.15) is 17.3 Å². The topological polar surface area (TPSA) is 69.6 Å². The largest absolute Gasteiger partial charge is 0.478 e. The average molecular weight is 315 g/mol. The molecule has 2 rings (SSSR count). The van der Waals surface area contributed by atoms with E-state index in [0.29, 0.717) is 24.0 Å². The van der Waals surface area contributed by atoms with E-state index in [1.807, 2.05) is 11.8 Å². The summed E-state index contributed by atoms with van der Waals surface area (Å²) in [5, 5.41) is 12.4. The molecule has 0 spiro atoms. The number of nitrogens with one attached hydrogen (secondary N) is 1. The zero-order valence-electron chi connectivity index (χ0n) is 10.9. The van der Waals surface area contributed by atoms with Gasteiger partial charge in [-0.25, -0.2) is 9.59 Å². The van der Waals surface area contributed by atoms with Crippen LogP contribution in [0.2, 0.25) is 5.02 Å². The van der Waals surface area contributed by atoms with Crippen LogP contribution in [0.3, 0.4) is 0 Å². The number of anilines is 1. The van der Waals surface area contributed by atoms with Crippen LogP contribution in [0.4, 0.5) is 10.5 Å². The van der Waals surface area contributed by atoms with Gasteiger partial charge in [-0.1, -0.05) is 18.5 Å². The van der Waals surface area contributed by atoms with Crippen LogP contribution < -0.4 is 5.32 Å². The first-order valence-electron chi connectivity index (χ1n) is 6.17. The fourth-order valence-corrected chi connectivity index (χ4v) is 3.24. The Bertz CT molecular complexity index is 538. The minimum Gasteiger partial charge on any atom is -0.478 e. The fourth-order valence-electron chi connectivity index (χ4n) is 1.99. The first-order chi connectivity index (χ1) is 9.45. The summed E-state index contributed by atoms with van der Waals surface area (Å²) in [5.74, 6) is -0.171. The number of carbonyl (C=O) groups is 2. The Balaban J connectivity index is 2.09. The molecule has 1 aliphatic heterocycles. The Morgan fingerprint density at radius 1 is 1.45 bits per heavy atom. The van der Waals surface area contributed by atoms with E-state index in [4.69, 9.17) is 16.7 Å². The van der Waals surface area contributed by atoms with E-state index < -0.39 is 5.97 Å². The molecule has 0 bridgehead atoms. The Morgan fingerprint density at radius 3 is 2.85 bits per heavy atom. The Hall–Kier alpha value is -1.40. The number of hydrogen-bond acceptors (Lipinski definition) is 3. The maximum absolute atomic E-state index is 12.1. The normalized spacial score (nSPS) is 18.7. The summed E-state index contributed by atoms with van der Waals surface area (Å²) in [4.78, 5) is 24.8. The van der Waals surface area contributed by atoms with Crippen LogP contribution in [0.15, 0.2) is 18.2 Å². The number of thioether (sulfide) groups is 1. The molecule has 1 aromatic carbocycles. The maximum Gasteiger partial charge on any atom is 0.335 e. The Labute approximate surface area is 126 Å². The smallest absolute Gasteiger partial charge is 0.335 e. The lowest BCUT2D eigenvalue weighted by atomic mass is 10.2. The average Bonchev–Trinajstić information content (AvgIpc) is 2.37. The van der Waals surface area contributed by atoms with Gasteiger partial charge >= 0.3 is 12.0 Å². The minimum absolute atomic E-state index is 0.0513. The van der Waals surface area contributed by atoms with Crippen LogP contribution in [0.25, 0.3) is 0 Å². The van der Waals surface area contributed by atoms with Crippen molar-refractivity contribution >= 4 is 41.1 Å². The van der Waals surface area contributed by atoms with Gasteiger partial charge in [-0.3, -0.25) is 0 Å². The first kappa shape index (κ1) is 15.0. The summed E-state index contributed by atoms with van der Waals surface area (Å²) in [6, 6.07) is 4.05. The predicted octanol–water partition coefficient (Wildman–Crippen LogP) is 3.01. The second-order valence-electron chi connectivity index (χ2n) is 4.59. The number of benzene rings is 1. The number of halogens is 1.